The number of nitrogens with one attached hydrogen (secondary N) is 1. The molecule has 0 aliphatic rings. The Labute approximate surface area is 103 Å². The van der Waals surface area contributed by atoms with E-state index in [-0.39, 0.29) is 10.8 Å². The van der Waals surface area contributed by atoms with E-state index >= 15 is 0 Å². The number of nitrogens with two attached hydrogens (primary N) is 1. The van der Waals surface area contributed by atoms with Crippen LogP contribution in [0.25, 0.3) is 0 Å². The van der Waals surface area contributed by atoms with Crippen molar-refractivity contribution in [2.45, 2.75) is 0 Å². The summed E-state index contributed by atoms with van der Waals surface area (Å²) < 4.78 is 0. The number of para-hydroxylation sites is 1. The predicted octanol–water partition coefficient (Wildman–Crippen LogP) is 2.58. The lowest BCUT2D eigenvalue weighted by Crippen LogP contribution is -2.13. The molecule has 0 aliphatic carbocycles. The molecule has 2 rings (SSSR count). The molecule has 0 unspecified atom stereocenters. The zero-order valence-corrected chi connectivity index (χ0v) is 9.61. The van der Waals surface area contributed by atoms with Crippen molar-refractivity contribution < 1.29 is 4.79 Å². The summed E-state index contributed by atoms with van der Waals surface area (Å²) in [5, 5.41) is 3.33. The number of carbonyl (C=O) groups is 1. The summed E-state index contributed by atoms with van der Waals surface area (Å²) in [4.78, 5) is 14.9. The van der Waals surface area contributed by atoms with Crippen molar-refractivity contribution in [2.24, 2.45) is 5.73 Å². The fraction of sp³-hybridized carbons (Fsp3) is 0. The maximum absolute atomic E-state index is 11.0. The van der Waals surface area contributed by atoms with Crippen molar-refractivity contribution in [1.82, 2.24) is 4.98 Å². The second kappa shape index (κ2) is 4.84. The molecule has 5 heteroatoms. The van der Waals surface area contributed by atoms with E-state index < -0.39 is 5.91 Å². The molecule has 0 saturated heterocycles. The molecular formula is C12H10ClN3O. The zero-order chi connectivity index (χ0) is 12.3. The summed E-state index contributed by atoms with van der Waals surface area (Å²) in [5.41, 5.74) is 6.86. The van der Waals surface area contributed by atoms with Crippen LogP contribution in [-0.2, 0) is 0 Å². The highest BCUT2D eigenvalue weighted by molar-refractivity contribution is 6.29. The number of carbonyl (C=O) groups excluding carboxylic acids is 1. The standard InChI is InChI=1S/C12H10ClN3O/c13-11-7-9(6-10(16-11)12(14)17)15-8-4-2-1-3-5-8/h1-7H,(H2,14,17)(H,15,16). The predicted molar refractivity (Wildman–Crippen MR) is 67.5 cm³/mol. The Morgan fingerprint density at radius 1 is 1.18 bits per heavy atom. The molecule has 0 bridgehead atoms. The average Bonchev–Trinajstić information content (AvgIpc) is 2.29. The van der Waals surface area contributed by atoms with E-state index in [4.69, 9.17) is 17.3 Å². The first kappa shape index (κ1) is 11.4. The lowest BCUT2D eigenvalue weighted by atomic mass is 10.2. The number of benzene rings is 1. The van der Waals surface area contributed by atoms with Crippen molar-refractivity contribution in [2.75, 3.05) is 5.32 Å². The third kappa shape index (κ3) is 2.95. The Bertz CT molecular complexity index is 543. The smallest absolute Gasteiger partial charge is 0.267 e. The summed E-state index contributed by atoms with van der Waals surface area (Å²) in [6.07, 6.45) is 0. The van der Waals surface area contributed by atoms with Crippen LogP contribution < -0.4 is 11.1 Å². The van der Waals surface area contributed by atoms with Crippen LogP contribution in [0.2, 0.25) is 5.15 Å². The second-order valence-corrected chi connectivity index (χ2v) is 3.81. The number of rotatable bonds is 3. The zero-order valence-electron chi connectivity index (χ0n) is 8.85. The van der Waals surface area contributed by atoms with Crippen LogP contribution in [0.1, 0.15) is 10.5 Å². The number of primary amides is 1. The highest BCUT2D eigenvalue weighted by Crippen LogP contribution is 2.19. The van der Waals surface area contributed by atoms with Gasteiger partial charge in [-0.05, 0) is 24.3 Å². The maximum atomic E-state index is 11.0. The molecular weight excluding hydrogens is 238 g/mol. The fourth-order valence-electron chi connectivity index (χ4n) is 1.38. The summed E-state index contributed by atoms with van der Waals surface area (Å²) >= 11 is 5.80. The maximum Gasteiger partial charge on any atom is 0.267 e. The quantitative estimate of drug-likeness (QED) is 0.819. The van der Waals surface area contributed by atoms with Crippen LogP contribution >= 0.6 is 11.6 Å². The first-order valence-electron chi connectivity index (χ1n) is 4.94. The Hall–Kier alpha value is -2.07. The lowest BCUT2D eigenvalue weighted by molar-refractivity contribution is 0.0995. The SMILES string of the molecule is NC(=O)c1cc(Nc2ccccc2)cc(Cl)n1. The minimum absolute atomic E-state index is 0.135. The topological polar surface area (TPSA) is 68.0 Å². The molecule has 3 N–H and O–H groups in total. The molecule has 1 aromatic heterocycles. The van der Waals surface area contributed by atoms with Crippen LogP contribution in [0.5, 0.6) is 0 Å². The number of halogens is 1. The number of hydrogen-bond acceptors (Lipinski definition) is 3. The van der Waals surface area contributed by atoms with E-state index in [1.165, 1.54) is 0 Å². The molecule has 0 saturated carbocycles. The van der Waals surface area contributed by atoms with Crippen molar-refractivity contribution in [3.8, 4) is 0 Å². The van der Waals surface area contributed by atoms with Gasteiger partial charge >= 0.3 is 0 Å². The molecule has 86 valence electrons. The number of nitrogens with zero attached hydrogens (tertiary/aromatic N) is 1. The van der Waals surface area contributed by atoms with Gasteiger partial charge in [-0.1, -0.05) is 29.8 Å². The minimum atomic E-state index is -0.608. The van der Waals surface area contributed by atoms with Crippen LogP contribution in [0, 0.1) is 0 Å². The van der Waals surface area contributed by atoms with Gasteiger partial charge in [0.1, 0.15) is 10.8 Å². The Kier molecular flexibility index (Phi) is 3.25. The van der Waals surface area contributed by atoms with Crippen molar-refractivity contribution in [1.29, 1.82) is 0 Å². The van der Waals surface area contributed by atoms with Gasteiger partial charge in [0.25, 0.3) is 5.91 Å². The van der Waals surface area contributed by atoms with E-state index in [0.29, 0.717) is 5.69 Å². The molecule has 1 amide bonds. The number of anilines is 2. The van der Waals surface area contributed by atoms with Crippen LogP contribution in [0.15, 0.2) is 42.5 Å². The molecule has 0 spiro atoms. The van der Waals surface area contributed by atoms with Crippen LogP contribution in [-0.4, -0.2) is 10.9 Å². The number of amides is 1. The highest BCUT2D eigenvalue weighted by atomic mass is 35.5. The molecule has 0 fully saturated rings. The minimum Gasteiger partial charge on any atom is -0.364 e. The summed E-state index contributed by atoms with van der Waals surface area (Å²) in [5.74, 6) is -0.608. The van der Waals surface area contributed by atoms with E-state index in [9.17, 15) is 4.79 Å². The van der Waals surface area contributed by atoms with Gasteiger partial charge in [-0.25, -0.2) is 4.98 Å². The van der Waals surface area contributed by atoms with Crippen molar-refractivity contribution in [3.05, 3.63) is 53.3 Å². The Balaban J connectivity index is 2.30. The Morgan fingerprint density at radius 2 is 1.88 bits per heavy atom. The van der Waals surface area contributed by atoms with Crippen molar-refractivity contribution in [3.63, 3.8) is 0 Å². The van der Waals surface area contributed by atoms with Gasteiger partial charge < -0.3 is 11.1 Å². The molecule has 0 aliphatic heterocycles. The third-order valence-corrected chi connectivity index (χ3v) is 2.30. The molecule has 4 nitrogen and oxygen atoms in total. The normalized spacial score (nSPS) is 9.94. The molecule has 0 radical (unpaired) electrons. The number of hydrogen-bond donors (Lipinski definition) is 2. The first-order chi connectivity index (χ1) is 8.15. The van der Waals surface area contributed by atoms with Crippen molar-refractivity contribution >= 4 is 28.9 Å². The van der Waals surface area contributed by atoms with Gasteiger partial charge in [0.15, 0.2) is 0 Å². The Morgan fingerprint density at radius 3 is 2.53 bits per heavy atom. The molecule has 1 aromatic carbocycles. The number of pyridine rings is 1. The molecule has 2 aromatic rings. The van der Waals surface area contributed by atoms with Gasteiger partial charge in [0.05, 0.1) is 0 Å². The van der Waals surface area contributed by atoms with Gasteiger partial charge in [0.2, 0.25) is 0 Å². The summed E-state index contributed by atoms with van der Waals surface area (Å²) in [6, 6.07) is 12.7. The summed E-state index contributed by atoms with van der Waals surface area (Å²) in [7, 11) is 0. The van der Waals surface area contributed by atoms with E-state index in [1.807, 2.05) is 30.3 Å². The number of aromatic nitrogens is 1. The largest absolute Gasteiger partial charge is 0.364 e. The van der Waals surface area contributed by atoms with Gasteiger partial charge in [-0.3, -0.25) is 4.79 Å². The lowest BCUT2D eigenvalue weighted by Gasteiger charge is -2.07. The first-order valence-corrected chi connectivity index (χ1v) is 5.32. The fourth-order valence-corrected chi connectivity index (χ4v) is 1.59. The van der Waals surface area contributed by atoms with Crippen LogP contribution in [0.4, 0.5) is 11.4 Å². The molecule has 1 heterocycles. The van der Waals surface area contributed by atoms with Gasteiger partial charge in [0, 0.05) is 11.4 Å². The van der Waals surface area contributed by atoms with E-state index in [2.05, 4.69) is 10.3 Å². The average molecular weight is 248 g/mol. The van der Waals surface area contributed by atoms with Gasteiger partial charge in [-0.15, -0.1) is 0 Å². The molecule has 17 heavy (non-hydrogen) atoms. The monoisotopic (exact) mass is 247 g/mol. The third-order valence-electron chi connectivity index (χ3n) is 2.11. The highest BCUT2D eigenvalue weighted by Gasteiger charge is 2.06. The molecule has 0 atom stereocenters. The van der Waals surface area contributed by atoms with Crippen LogP contribution in [0.3, 0.4) is 0 Å². The second-order valence-electron chi connectivity index (χ2n) is 3.42. The van der Waals surface area contributed by atoms with E-state index in [0.717, 1.165) is 5.69 Å². The summed E-state index contributed by atoms with van der Waals surface area (Å²) in [6.45, 7) is 0. The van der Waals surface area contributed by atoms with Gasteiger partial charge in [-0.2, -0.15) is 0 Å². The van der Waals surface area contributed by atoms with E-state index in [1.54, 1.807) is 12.1 Å².